The molecule has 0 radical (unpaired) electrons. The number of rotatable bonds is 4. The van der Waals surface area contributed by atoms with E-state index in [1.807, 2.05) is 30.3 Å². The van der Waals surface area contributed by atoms with Gasteiger partial charge in [0.2, 0.25) is 0 Å². The fourth-order valence-electron chi connectivity index (χ4n) is 1.70. The van der Waals surface area contributed by atoms with E-state index in [0.717, 1.165) is 5.75 Å². The van der Waals surface area contributed by atoms with Gasteiger partial charge in [0, 0.05) is 11.3 Å². The second-order valence-corrected chi connectivity index (χ2v) is 6.00. The van der Waals surface area contributed by atoms with Crippen LogP contribution in [0.3, 0.4) is 0 Å². The maximum Gasteiger partial charge on any atom is 0.154 e. The number of nitrogens with zero attached hydrogens (tertiary/aromatic N) is 1. The molecule has 0 aliphatic carbocycles. The molecule has 0 bridgehead atoms. The van der Waals surface area contributed by atoms with Crippen LogP contribution in [0.2, 0.25) is 0 Å². The fraction of sp³-hybridized carbons (Fsp3) is 0.125. The molecule has 0 aliphatic heterocycles. The minimum atomic E-state index is -0.289. The molecule has 2 aromatic carbocycles. The predicted octanol–water partition coefficient (Wildman–Crippen LogP) is 4.36. The maximum atomic E-state index is 13.6. The molecule has 0 saturated heterocycles. The summed E-state index contributed by atoms with van der Waals surface area (Å²) in [6, 6.07) is 16.6. The molecule has 0 spiro atoms. The van der Waals surface area contributed by atoms with Crippen LogP contribution in [-0.4, -0.2) is 10.0 Å². The first kappa shape index (κ1) is 15.7. The van der Waals surface area contributed by atoms with E-state index in [2.05, 4.69) is 10.5 Å². The quantitative estimate of drug-likeness (QED) is 0.515. The van der Waals surface area contributed by atoms with Gasteiger partial charge in [0.25, 0.3) is 0 Å². The van der Waals surface area contributed by atoms with Gasteiger partial charge in [0.15, 0.2) is 4.32 Å². The van der Waals surface area contributed by atoms with E-state index in [-0.39, 0.29) is 5.82 Å². The van der Waals surface area contributed by atoms with Gasteiger partial charge in [-0.3, -0.25) is 5.43 Å². The molecule has 5 heteroatoms. The van der Waals surface area contributed by atoms with Crippen molar-refractivity contribution >= 4 is 34.0 Å². The highest BCUT2D eigenvalue weighted by atomic mass is 32.2. The van der Waals surface area contributed by atoms with Crippen molar-refractivity contribution in [3.63, 3.8) is 0 Å². The van der Waals surface area contributed by atoms with Gasteiger partial charge in [-0.1, -0.05) is 72.5 Å². The van der Waals surface area contributed by atoms with Crippen LogP contribution in [-0.2, 0) is 5.75 Å². The Labute approximate surface area is 133 Å². The first-order valence-corrected chi connectivity index (χ1v) is 7.82. The van der Waals surface area contributed by atoms with Crippen molar-refractivity contribution in [2.24, 2.45) is 5.10 Å². The number of thiocarbonyl (C=S) groups is 1. The van der Waals surface area contributed by atoms with Crippen LogP contribution >= 0.6 is 24.0 Å². The second-order valence-electron chi connectivity index (χ2n) is 4.35. The van der Waals surface area contributed by atoms with Crippen molar-refractivity contribution in [1.82, 2.24) is 5.43 Å². The van der Waals surface area contributed by atoms with Crippen molar-refractivity contribution in [2.75, 3.05) is 0 Å². The van der Waals surface area contributed by atoms with Gasteiger partial charge in [-0.05, 0) is 18.6 Å². The van der Waals surface area contributed by atoms with Crippen LogP contribution in [0.15, 0.2) is 59.7 Å². The SMILES string of the molecule is C/C(=N\NC(=S)SCc1ccccc1)c1ccccc1F. The summed E-state index contributed by atoms with van der Waals surface area (Å²) in [5.41, 5.74) is 5.03. The van der Waals surface area contributed by atoms with Crippen molar-refractivity contribution in [1.29, 1.82) is 0 Å². The Kier molecular flexibility index (Phi) is 5.90. The van der Waals surface area contributed by atoms with Crippen LogP contribution in [0.1, 0.15) is 18.1 Å². The lowest BCUT2D eigenvalue weighted by atomic mass is 10.1. The average Bonchev–Trinajstić information content (AvgIpc) is 2.52. The second kappa shape index (κ2) is 7.90. The Morgan fingerprint density at radius 3 is 2.52 bits per heavy atom. The van der Waals surface area contributed by atoms with Crippen molar-refractivity contribution in [2.45, 2.75) is 12.7 Å². The maximum absolute atomic E-state index is 13.6. The van der Waals surface area contributed by atoms with Crippen LogP contribution < -0.4 is 5.43 Å². The Balaban J connectivity index is 1.88. The topological polar surface area (TPSA) is 24.4 Å². The van der Waals surface area contributed by atoms with E-state index in [9.17, 15) is 4.39 Å². The van der Waals surface area contributed by atoms with E-state index in [1.165, 1.54) is 23.4 Å². The van der Waals surface area contributed by atoms with E-state index in [4.69, 9.17) is 12.2 Å². The summed E-state index contributed by atoms with van der Waals surface area (Å²) in [5.74, 6) is 0.490. The van der Waals surface area contributed by atoms with Crippen LogP contribution in [0.25, 0.3) is 0 Å². The molecule has 0 heterocycles. The van der Waals surface area contributed by atoms with Gasteiger partial charge in [-0.2, -0.15) is 5.10 Å². The highest BCUT2D eigenvalue weighted by molar-refractivity contribution is 8.22. The molecule has 108 valence electrons. The third-order valence-electron chi connectivity index (χ3n) is 2.79. The van der Waals surface area contributed by atoms with E-state index < -0.39 is 0 Å². The molecule has 2 rings (SSSR count). The monoisotopic (exact) mass is 318 g/mol. The smallest absolute Gasteiger partial charge is 0.154 e. The van der Waals surface area contributed by atoms with Gasteiger partial charge in [-0.25, -0.2) is 4.39 Å². The number of halogens is 1. The largest absolute Gasteiger partial charge is 0.262 e. The molecule has 0 aliphatic rings. The van der Waals surface area contributed by atoms with Gasteiger partial charge in [-0.15, -0.1) is 0 Å². The minimum Gasteiger partial charge on any atom is -0.262 e. The number of hydrogen-bond donors (Lipinski definition) is 1. The molecular formula is C16H15FN2S2. The molecule has 0 aromatic heterocycles. The van der Waals surface area contributed by atoms with Crippen molar-refractivity contribution in [3.8, 4) is 0 Å². The van der Waals surface area contributed by atoms with Crippen molar-refractivity contribution in [3.05, 3.63) is 71.5 Å². The van der Waals surface area contributed by atoms with Crippen LogP contribution in [0.4, 0.5) is 4.39 Å². The van der Waals surface area contributed by atoms with Gasteiger partial charge >= 0.3 is 0 Å². The summed E-state index contributed by atoms with van der Waals surface area (Å²) in [7, 11) is 0. The summed E-state index contributed by atoms with van der Waals surface area (Å²) in [6.07, 6.45) is 0. The molecule has 2 aromatic rings. The Hall–Kier alpha value is -1.72. The lowest BCUT2D eigenvalue weighted by molar-refractivity contribution is 0.625. The lowest BCUT2D eigenvalue weighted by Gasteiger charge is -2.05. The molecule has 0 atom stereocenters. The molecule has 1 N–H and O–H groups in total. The zero-order valence-corrected chi connectivity index (χ0v) is 13.2. The molecule has 21 heavy (non-hydrogen) atoms. The number of nitrogens with one attached hydrogen (secondary N) is 1. The summed E-state index contributed by atoms with van der Waals surface area (Å²) in [5, 5.41) is 4.13. The van der Waals surface area contributed by atoms with E-state index >= 15 is 0 Å². The number of benzene rings is 2. The zero-order valence-electron chi connectivity index (χ0n) is 11.5. The molecule has 0 unspecified atom stereocenters. The highest BCUT2D eigenvalue weighted by Crippen LogP contribution is 2.13. The fourth-order valence-corrected chi connectivity index (χ4v) is 2.52. The average molecular weight is 318 g/mol. The number of thioether (sulfide) groups is 1. The third kappa shape index (κ3) is 4.95. The van der Waals surface area contributed by atoms with Crippen molar-refractivity contribution < 1.29 is 4.39 Å². The van der Waals surface area contributed by atoms with Gasteiger partial charge in [0.05, 0.1) is 5.71 Å². The highest BCUT2D eigenvalue weighted by Gasteiger charge is 2.04. The molecule has 0 amide bonds. The van der Waals surface area contributed by atoms with Crippen LogP contribution in [0.5, 0.6) is 0 Å². The third-order valence-corrected chi connectivity index (χ3v) is 4.07. The number of hydrazone groups is 1. The standard InChI is InChI=1S/C16H15FN2S2/c1-12(14-9-5-6-10-15(14)17)18-19-16(20)21-11-13-7-3-2-4-8-13/h2-10H,11H2,1H3,(H,19,20)/b18-12+. The van der Waals surface area contributed by atoms with Crippen LogP contribution in [0, 0.1) is 5.82 Å². The van der Waals surface area contributed by atoms with E-state index in [0.29, 0.717) is 15.6 Å². The number of hydrogen-bond acceptors (Lipinski definition) is 3. The first-order valence-electron chi connectivity index (χ1n) is 6.42. The minimum absolute atomic E-state index is 0.289. The first-order chi connectivity index (χ1) is 10.2. The summed E-state index contributed by atoms with van der Waals surface area (Å²) in [4.78, 5) is 0. The predicted molar refractivity (Wildman–Crippen MR) is 92.1 cm³/mol. The molecule has 0 saturated carbocycles. The lowest BCUT2D eigenvalue weighted by Crippen LogP contribution is -2.14. The van der Waals surface area contributed by atoms with Gasteiger partial charge < -0.3 is 0 Å². The Morgan fingerprint density at radius 1 is 1.14 bits per heavy atom. The summed E-state index contributed by atoms with van der Waals surface area (Å²) < 4.78 is 14.2. The van der Waals surface area contributed by atoms with E-state index in [1.54, 1.807) is 25.1 Å². The molecular weight excluding hydrogens is 303 g/mol. The summed E-state index contributed by atoms with van der Waals surface area (Å²) >= 11 is 6.70. The molecule has 2 nitrogen and oxygen atoms in total. The zero-order chi connectivity index (χ0) is 15.1. The van der Waals surface area contributed by atoms with Gasteiger partial charge in [0.1, 0.15) is 5.82 Å². The molecule has 0 fully saturated rings. The normalized spacial score (nSPS) is 11.2. The Bertz CT molecular complexity index is 642. The Morgan fingerprint density at radius 2 is 1.81 bits per heavy atom. The summed E-state index contributed by atoms with van der Waals surface area (Å²) in [6.45, 7) is 1.75.